The lowest BCUT2D eigenvalue weighted by Crippen LogP contribution is -2.41. The Balaban J connectivity index is 2.28. The van der Waals surface area contributed by atoms with Crippen LogP contribution in [0.15, 0.2) is 87.5 Å². The van der Waals surface area contributed by atoms with Crippen molar-refractivity contribution >= 4 is 47.1 Å². The largest absolute Gasteiger partial charge is 0.270 e. The third-order valence-corrected chi connectivity index (χ3v) is 11.9. The van der Waals surface area contributed by atoms with E-state index in [1.165, 1.54) is 0 Å². The predicted octanol–water partition coefficient (Wildman–Crippen LogP) is 2.18. The van der Waals surface area contributed by atoms with E-state index in [4.69, 9.17) is 0 Å². The number of hydrogen-bond donors (Lipinski definition) is 0. The molecule has 19 heteroatoms. The van der Waals surface area contributed by atoms with Crippen molar-refractivity contribution in [3.8, 4) is 0 Å². The second-order valence-electron chi connectivity index (χ2n) is 6.90. The van der Waals surface area contributed by atoms with E-state index < -0.39 is 79.7 Å². The highest BCUT2D eigenvalue weighted by atomic mass is 32.3. The van der Waals surface area contributed by atoms with E-state index in [9.17, 15) is 55.6 Å². The molecule has 16 nitrogen and oxygen atoms in total. The van der Waals surface area contributed by atoms with Crippen LogP contribution in [-0.4, -0.2) is 43.1 Å². The molecule has 0 atom stereocenters. The second kappa shape index (κ2) is 9.61. The molecule has 0 amide bonds. The molecule has 3 rings (SSSR count). The summed E-state index contributed by atoms with van der Waals surface area (Å²) in [6.07, 6.45) is 0. The Labute approximate surface area is 208 Å². The summed E-state index contributed by atoms with van der Waals surface area (Å²) in [5.41, 5.74) is -1.74. The van der Waals surface area contributed by atoms with Crippen LogP contribution in [-0.2, 0) is 30.1 Å². The Hall–Kier alpha value is -4.33. The topological polar surface area (TPSA) is 235 Å². The van der Waals surface area contributed by atoms with Crippen LogP contribution in [0.5, 0.6) is 0 Å². The van der Waals surface area contributed by atoms with E-state index in [1.54, 1.807) is 0 Å². The van der Waals surface area contributed by atoms with E-state index in [1.807, 2.05) is 0 Å². The van der Waals surface area contributed by atoms with Gasteiger partial charge >= 0.3 is 0 Å². The molecule has 194 valence electrons. The standard InChI is InChI=1S/C18H12N4O12S3/c23-19(24)13-1-7-16(8-2-13)35(29,30)22(36(31,32)17-9-3-14(4-10-17)20(25)26)37(33,34)18-11-5-15(6-12-18)21(27)28/h1-12H. The molecule has 0 saturated heterocycles. The van der Waals surface area contributed by atoms with Gasteiger partial charge in [-0.3, -0.25) is 30.3 Å². The van der Waals surface area contributed by atoms with Crippen LogP contribution in [0.1, 0.15) is 0 Å². The number of hydrogen-bond acceptors (Lipinski definition) is 12. The van der Waals surface area contributed by atoms with Gasteiger partial charge in [-0.2, -0.15) is 0 Å². The molecule has 0 aliphatic carbocycles. The fourth-order valence-corrected chi connectivity index (χ4v) is 9.47. The van der Waals surface area contributed by atoms with Gasteiger partial charge in [0.2, 0.25) is 0 Å². The van der Waals surface area contributed by atoms with Crippen molar-refractivity contribution in [3.63, 3.8) is 0 Å². The molecule has 0 aliphatic heterocycles. The van der Waals surface area contributed by atoms with Crippen LogP contribution in [0.25, 0.3) is 0 Å². The molecule has 0 heterocycles. The number of nitro groups is 3. The summed E-state index contributed by atoms with van der Waals surface area (Å²) in [4.78, 5) is 27.1. The van der Waals surface area contributed by atoms with E-state index in [0.717, 1.165) is 0 Å². The summed E-state index contributed by atoms with van der Waals surface area (Å²) < 4.78 is 79.5. The number of nitrogens with zero attached hydrogens (tertiary/aromatic N) is 4. The van der Waals surface area contributed by atoms with Crippen molar-refractivity contribution in [2.45, 2.75) is 14.7 Å². The first-order valence-corrected chi connectivity index (χ1v) is 13.7. The monoisotopic (exact) mass is 572 g/mol. The Bertz CT molecular complexity index is 1510. The van der Waals surface area contributed by atoms with Gasteiger partial charge in [-0.15, -0.1) is 0 Å². The molecule has 0 saturated carbocycles. The Kier molecular flexibility index (Phi) is 7.08. The first kappa shape index (κ1) is 27.3. The molecule has 0 unspecified atom stereocenters. The number of benzene rings is 3. The molecule has 0 N–H and O–H groups in total. The molecule has 0 aromatic heterocycles. The van der Waals surface area contributed by atoms with Crippen molar-refractivity contribution in [1.82, 2.24) is 3.12 Å². The van der Waals surface area contributed by atoms with Gasteiger partial charge in [0.1, 0.15) is 0 Å². The van der Waals surface area contributed by atoms with E-state index in [2.05, 4.69) is 0 Å². The first-order chi connectivity index (χ1) is 17.1. The van der Waals surface area contributed by atoms with Gasteiger partial charge in [0.05, 0.1) is 29.5 Å². The Morgan fingerprint density at radius 1 is 0.432 bits per heavy atom. The molecular formula is C18H12N4O12S3. The number of sulfonamides is 3. The molecule has 3 aromatic carbocycles. The van der Waals surface area contributed by atoms with Gasteiger partial charge in [0.25, 0.3) is 47.1 Å². The average Bonchev–Trinajstić information content (AvgIpc) is 2.83. The fourth-order valence-electron chi connectivity index (χ4n) is 2.87. The smallest absolute Gasteiger partial charge is 0.258 e. The van der Waals surface area contributed by atoms with Crippen LogP contribution in [0, 0.1) is 30.3 Å². The summed E-state index contributed by atoms with van der Waals surface area (Å²) in [6.45, 7) is 0. The fraction of sp³-hybridized carbons (Fsp3) is 0. The van der Waals surface area contributed by atoms with Gasteiger partial charge < -0.3 is 0 Å². The van der Waals surface area contributed by atoms with E-state index in [-0.39, 0.29) is 0 Å². The first-order valence-electron chi connectivity index (χ1n) is 9.39. The highest BCUT2D eigenvalue weighted by molar-refractivity contribution is 8.17. The van der Waals surface area contributed by atoms with Gasteiger partial charge in [0.15, 0.2) is 0 Å². The number of non-ortho nitro benzene ring substituents is 3. The van der Waals surface area contributed by atoms with Crippen molar-refractivity contribution in [1.29, 1.82) is 0 Å². The summed E-state index contributed by atoms with van der Waals surface area (Å²) in [6, 6.07) is 7.83. The van der Waals surface area contributed by atoms with Crippen molar-refractivity contribution in [2.24, 2.45) is 0 Å². The zero-order chi connectivity index (χ0) is 27.8. The molecule has 0 bridgehead atoms. The maximum atomic E-state index is 13.4. The minimum absolute atomic E-state index is 0.582. The molecule has 37 heavy (non-hydrogen) atoms. The highest BCUT2D eigenvalue weighted by Crippen LogP contribution is 2.33. The lowest BCUT2D eigenvalue weighted by molar-refractivity contribution is -0.385. The van der Waals surface area contributed by atoms with Gasteiger partial charge in [0, 0.05) is 39.5 Å². The lowest BCUT2D eigenvalue weighted by atomic mass is 10.3. The summed E-state index contributed by atoms with van der Waals surface area (Å²) in [7, 11) is -16.6. The van der Waals surface area contributed by atoms with Gasteiger partial charge in [-0.1, -0.05) is 0 Å². The normalized spacial score (nSPS) is 12.2. The van der Waals surface area contributed by atoms with E-state index in [0.29, 0.717) is 72.8 Å². The second-order valence-corrected chi connectivity index (χ2v) is 13.0. The Morgan fingerprint density at radius 3 is 0.784 bits per heavy atom. The number of rotatable bonds is 9. The quantitative estimate of drug-likeness (QED) is 0.265. The van der Waals surface area contributed by atoms with Crippen molar-refractivity contribution in [3.05, 3.63) is 103 Å². The van der Waals surface area contributed by atoms with E-state index >= 15 is 0 Å². The molecular weight excluding hydrogens is 560 g/mol. The predicted molar refractivity (Wildman–Crippen MR) is 123 cm³/mol. The molecule has 0 aliphatic rings. The number of nitro benzene ring substituents is 3. The minimum atomic E-state index is -5.54. The SMILES string of the molecule is O=[N+]([O-])c1ccc(S(=O)(=O)N(S(=O)(=O)c2ccc([N+](=O)[O-])cc2)S(=O)(=O)c2ccc([N+](=O)[O-])cc2)cc1. The molecule has 0 fully saturated rings. The van der Waals surface area contributed by atoms with Crippen LogP contribution in [0.3, 0.4) is 0 Å². The van der Waals surface area contributed by atoms with Gasteiger partial charge in [-0.25, -0.2) is 25.3 Å². The molecule has 0 spiro atoms. The molecule has 0 radical (unpaired) electrons. The third-order valence-electron chi connectivity index (χ3n) is 4.62. The maximum Gasteiger partial charge on any atom is 0.270 e. The lowest BCUT2D eigenvalue weighted by Gasteiger charge is -2.21. The van der Waals surface area contributed by atoms with Crippen LogP contribution >= 0.6 is 0 Å². The average molecular weight is 573 g/mol. The summed E-state index contributed by atoms with van der Waals surface area (Å²) >= 11 is 0. The van der Waals surface area contributed by atoms with Gasteiger partial charge in [-0.05, 0) is 36.4 Å². The Morgan fingerprint density at radius 2 is 0.622 bits per heavy atom. The van der Waals surface area contributed by atoms with Crippen molar-refractivity contribution in [2.75, 3.05) is 0 Å². The van der Waals surface area contributed by atoms with Crippen LogP contribution < -0.4 is 0 Å². The minimum Gasteiger partial charge on any atom is -0.258 e. The molecule has 3 aromatic rings. The van der Waals surface area contributed by atoms with Crippen LogP contribution in [0.2, 0.25) is 0 Å². The highest BCUT2D eigenvalue weighted by Gasteiger charge is 2.47. The van der Waals surface area contributed by atoms with Crippen LogP contribution in [0.4, 0.5) is 17.1 Å². The zero-order valence-electron chi connectivity index (χ0n) is 17.8. The van der Waals surface area contributed by atoms with Crippen molar-refractivity contribution < 1.29 is 40.0 Å². The third kappa shape index (κ3) is 5.14. The summed E-state index contributed by atoms with van der Waals surface area (Å²) in [5.74, 6) is 0. The summed E-state index contributed by atoms with van der Waals surface area (Å²) in [5, 5.41) is 32.7. The zero-order valence-corrected chi connectivity index (χ0v) is 20.3. The maximum absolute atomic E-state index is 13.4.